The van der Waals surface area contributed by atoms with Crippen LogP contribution in [0.3, 0.4) is 0 Å². The normalized spacial score (nSPS) is 23.0. The summed E-state index contributed by atoms with van der Waals surface area (Å²) < 4.78 is 0. The van der Waals surface area contributed by atoms with E-state index in [1.54, 1.807) is 29.2 Å². The minimum atomic E-state index is -0.634. The van der Waals surface area contributed by atoms with Gasteiger partial charge < -0.3 is 16.4 Å². The first-order valence-electron chi connectivity index (χ1n) is 12.2. The highest BCUT2D eigenvalue weighted by molar-refractivity contribution is 6.17. The fraction of sp³-hybridized carbons (Fsp3) is 0.444. The molecule has 1 saturated carbocycles. The molecule has 7 nitrogen and oxygen atoms in total. The van der Waals surface area contributed by atoms with Gasteiger partial charge in [-0.1, -0.05) is 50.8 Å². The number of anilines is 2. The molecule has 2 aliphatic rings. The predicted molar refractivity (Wildman–Crippen MR) is 134 cm³/mol. The SMILES string of the molecule is CCC(C)C1C(=O)Nc2cc(C(=O)NC3CCCCC3N)ccc2N1C(=O)c1cccc(C)c1. The monoisotopic (exact) mass is 462 g/mol. The second kappa shape index (κ2) is 9.97. The summed E-state index contributed by atoms with van der Waals surface area (Å²) in [7, 11) is 0. The molecule has 2 aromatic rings. The van der Waals surface area contributed by atoms with E-state index < -0.39 is 6.04 Å². The third kappa shape index (κ3) is 4.71. The van der Waals surface area contributed by atoms with Crippen LogP contribution in [0.1, 0.15) is 72.2 Å². The first kappa shape index (κ1) is 24.0. The highest BCUT2D eigenvalue weighted by atomic mass is 16.2. The first-order valence-corrected chi connectivity index (χ1v) is 12.2. The van der Waals surface area contributed by atoms with E-state index in [2.05, 4.69) is 10.6 Å². The molecule has 4 unspecified atom stereocenters. The van der Waals surface area contributed by atoms with Crippen molar-refractivity contribution >= 4 is 29.1 Å². The van der Waals surface area contributed by atoms with E-state index >= 15 is 0 Å². The molecule has 1 aliphatic heterocycles. The Labute approximate surface area is 201 Å². The zero-order valence-corrected chi connectivity index (χ0v) is 20.1. The van der Waals surface area contributed by atoms with Gasteiger partial charge in [-0.3, -0.25) is 19.3 Å². The Morgan fingerprint density at radius 2 is 1.91 bits per heavy atom. The van der Waals surface area contributed by atoms with E-state index in [1.807, 2.05) is 39.0 Å². The largest absolute Gasteiger partial charge is 0.348 e. The maximum atomic E-state index is 13.7. The van der Waals surface area contributed by atoms with E-state index in [1.165, 1.54) is 0 Å². The molecule has 1 heterocycles. The van der Waals surface area contributed by atoms with Crippen LogP contribution in [0.2, 0.25) is 0 Å². The molecule has 0 bridgehead atoms. The zero-order chi connectivity index (χ0) is 24.4. The Hall–Kier alpha value is -3.19. The molecule has 0 saturated heterocycles. The van der Waals surface area contributed by atoms with Crippen LogP contribution in [0.5, 0.6) is 0 Å². The van der Waals surface area contributed by atoms with Gasteiger partial charge in [0.05, 0.1) is 11.4 Å². The number of fused-ring (bicyclic) bond motifs is 1. The zero-order valence-electron chi connectivity index (χ0n) is 20.1. The van der Waals surface area contributed by atoms with E-state index in [0.717, 1.165) is 37.7 Å². The van der Waals surface area contributed by atoms with Crippen molar-refractivity contribution in [2.45, 2.75) is 71.0 Å². The van der Waals surface area contributed by atoms with Crippen molar-refractivity contribution in [3.05, 3.63) is 59.2 Å². The van der Waals surface area contributed by atoms with E-state index in [9.17, 15) is 14.4 Å². The minimum Gasteiger partial charge on any atom is -0.348 e. The third-order valence-corrected chi connectivity index (χ3v) is 7.13. The number of hydrogen-bond donors (Lipinski definition) is 3. The Kier molecular flexibility index (Phi) is 7.03. The molecule has 180 valence electrons. The summed E-state index contributed by atoms with van der Waals surface area (Å²) in [5, 5.41) is 5.99. The summed E-state index contributed by atoms with van der Waals surface area (Å²) in [6, 6.07) is 11.8. The summed E-state index contributed by atoms with van der Waals surface area (Å²) in [4.78, 5) is 41.4. The average Bonchev–Trinajstić information content (AvgIpc) is 2.83. The molecule has 1 aliphatic carbocycles. The van der Waals surface area contributed by atoms with Crippen molar-refractivity contribution in [3.63, 3.8) is 0 Å². The Morgan fingerprint density at radius 1 is 1.15 bits per heavy atom. The Balaban J connectivity index is 1.68. The van der Waals surface area contributed by atoms with Crippen molar-refractivity contribution in [3.8, 4) is 0 Å². The average molecular weight is 463 g/mol. The van der Waals surface area contributed by atoms with Gasteiger partial charge in [0.25, 0.3) is 11.8 Å². The van der Waals surface area contributed by atoms with E-state index in [0.29, 0.717) is 22.5 Å². The molecule has 0 spiro atoms. The molecular formula is C27H34N4O3. The number of carbonyl (C=O) groups excluding carboxylic acids is 3. The number of nitrogens with one attached hydrogen (secondary N) is 2. The van der Waals surface area contributed by atoms with E-state index in [4.69, 9.17) is 5.73 Å². The van der Waals surface area contributed by atoms with Gasteiger partial charge in [0.15, 0.2) is 0 Å². The fourth-order valence-electron chi connectivity index (χ4n) is 4.94. The highest BCUT2D eigenvalue weighted by Crippen LogP contribution is 2.37. The van der Waals surface area contributed by atoms with Gasteiger partial charge in [-0.25, -0.2) is 0 Å². The van der Waals surface area contributed by atoms with Crippen LogP contribution in [0.15, 0.2) is 42.5 Å². The molecule has 0 radical (unpaired) electrons. The number of rotatable bonds is 5. The van der Waals surface area contributed by atoms with Gasteiger partial charge in [0, 0.05) is 23.2 Å². The number of aryl methyl sites for hydroxylation is 1. The molecule has 0 aromatic heterocycles. The molecule has 4 rings (SSSR count). The third-order valence-electron chi connectivity index (χ3n) is 7.13. The molecule has 7 heteroatoms. The van der Waals surface area contributed by atoms with Crippen LogP contribution < -0.4 is 21.3 Å². The van der Waals surface area contributed by atoms with Crippen LogP contribution >= 0.6 is 0 Å². The molecular weight excluding hydrogens is 428 g/mol. The van der Waals surface area contributed by atoms with Crippen LogP contribution in [0, 0.1) is 12.8 Å². The van der Waals surface area contributed by atoms with Gasteiger partial charge in [-0.15, -0.1) is 0 Å². The summed E-state index contributed by atoms with van der Waals surface area (Å²) in [6.45, 7) is 5.91. The van der Waals surface area contributed by atoms with Crippen molar-refractivity contribution in [1.29, 1.82) is 0 Å². The Morgan fingerprint density at radius 3 is 2.62 bits per heavy atom. The topological polar surface area (TPSA) is 105 Å². The van der Waals surface area contributed by atoms with Gasteiger partial charge >= 0.3 is 0 Å². The molecule has 4 atom stereocenters. The lowest BCUT2D eigenvalue weighted by atomic mass is 9.90. The smallest absolute Gasteiger partial charge is 0.259 e. The van der Waals surface area contributed by atoms with Gasteiger partial charge in [-0.2, -0.15) is 0 Å². The number of carbonyl (C=O) groups is 3. The molecule has 1 fully saturated rings. The number of hydrogen-bond acceptors (Lipinski definition) is 4. The maximum Gasteiger partial charge on any atom is 0.259 e. The first-order chi connectivity index (χ1) is 16.3. The van der Waals surface area contributed by atoms with Crippen molar-refractivity contribution < 1.29 is 14.4 Å². The van der Waals surface area contributed by atoms with Gasteiger partial charge in [0.2, 0.25) is 5.91 Å². The van der Waals surface area contributed by atoms with Crippen molar-refractivity contribution in [1.82, 2.24) is 5.32 Å². The molecule has 34 heavy (non-hydrogen) atoms. The number of nitrogens with two attached hydrogens (primary N) is 1. The van der Waals surface area contributed by atoms with Gasteiger partial charge in [0.1, 0.15) is 6.04 Å². The van der Waals surface area contributed by atoms with Gasteiger partial charge in [-0.05, 0) is 56.0 Å². The lowest BCUT2D eigenvalue weighted by Crippen LogP contribution is -2.54. The highest BCUT2D eigenvalue weighted by Gasteiger charge is 2.40. The standard InChI is InChI=1S/C27H34N4O3/c1-4-17(3)24-26(33)30-22-15-18(25(32)29-21-11-6-5-10-20(21)28)12-13-23(22)31(24)27(34)19-9-7-8-16(2)14-19/h7-9,12-15,17,20-21,24H,4-6,10-11,28H2,1-3H3,(H,29,32)(H,30,33). The minimum absolute atomic E-state index is 0.0438. The second-order valence-electron chi connectivity index (χ2n) is 9.62. The summed E-state index contributed by atoms with van der Waals surface area (Å²) in [5.41, 5.74) is 9.19. The van der Waals surface area contributed by atoms with Crippen molar-refractivity contribution in [2.24, 2.45) is 11.7 Å². The van der Waals surface area contributed by atoms with Crippen LogP contribution in [-0.4, -0.2) is 35.8 Å². The molecule has 3 amide bonds. The molecule has 4 N–H and O–H groups in total. The van der Waals surface area contributed by atoms with Crippen LogP contribution in [-0.2, 0) is 4.79 Å². The lowest BCUT2D eigenvalue weighted by molar-refractivity contribution is -0.118. The van der Waals surface area contributed by atoms with E-state index in [-0.39, 0.29) is 35.7 Å². The van der Waals surface area contributed by atoms with Crippen LogP contribution in [0.4, 0.5) is 11.4 Å². The Bertz CT molecular complexity index is 1100. The summed E-state index contributed by atoms with van der Waals surface area (Å²) in [6.07, 6.45) is 4.64. The lowest BCUT2D eigenvalue weighted by Gasteiger charge is -2.39. The number of amides is 3. The fourth-order valence-corrected chi connectivity index (χ4v) is 4.94. The maximum absolute atomic E-state index is 13.7. The molecule has 2 aromatic carbocycles. The quantitative estimate of drug-likeness (QED) is 0.624. The summed E-state index contributed by atoms with van der Waals surface area (Å²) >= 11 is 0. The van der Waals surface area contributed by atoms with Crippen molar-refractivity contribution in [2.75, 3.05) is 10.2 Å². The predicted octanol–water partition coefficient (Wildman–Crippen LogP) is 4.01. The second-order valence-corrected chi connectivity index (χ2v) is 9.62. The number of nitrogens with zero attached hydrogens (tertiary/aromatic N) is 1. The number of benzene rings is 2. The van der Waals surface area contributed by atoms with Crippen LogP contribution in [0.25, 0.3) is 0 Å². The summed E-state index contributed by atoms with van der Waals surface area (Å²) in [5.74, 6) is -0.733.